The van der Waals surface area contributed by atoms with Crippen LogP contribution in [0.15, 0.2) is 84.9 Å². The lowest BCUT2D eigenvalue weighted by Crippen LogP contribution is -2.46. The molecule has 0 nitrogen and oxygen atoms in total. The third-order valence-corrected chi connectivity index (χ3v) is 8.32. The molecule has 0 saturated carbocycles. The molecule has 23 heavy (non-hydrogen) atoms. The quantitative estimate of drug-likeness (QED) is 0.626. The van der Waals surface area contributed by atoms with E-state index in [1.807, 2.05) is 0 Å². The van der Waals surface area contributed by atoms with Crippen LogP contribution in [0.25, 0.3) is 0 Å². The monoisotopic (exact) mass is 316 g/mol. The van der Waals surface area contributed by atoms with Crippen molar-refractivity contribution in [1.29, 1.82) is 0 Å². The summed E-state index contributed by atoms with van der Waals surface area (Å²) in [5.74, 6) is 0. The Balaban J connectivity index is 2.00. The van der Waals surface area contributed by atoms with Crippen LogP contribution in [0.2, 0.25) is 0 Å². The van der Waals surface area contributed by atoms with E-state index in [0.717, 1.165) is 6.42 Å². The smallest absolute Gasteiger partial charge is 0.0629 e. The molecule has 0 amide bonds. The van der Waals surface area contributed by atoms with Gasteiger partial charge in [-0.3, -0.25) is 0 Å². The van der Waals surface area contributed by atoms with E-state index in [0.29, 0.717) is 5.54 Å². The van der Waals surface area contributed by atoms with Crippen molar-refractivity contribution in [2.75, 3.05) is 0 Å². The van der Waals surface area contributed by atoms with E-state index in [2.05, 4.69) is 98.8 Å². The van der Waals surface area contributed by atoms with Crippen molar-refractivity contribution < 1.29 is 0 Å². The van der Waals surface area contributed by atoms with Crippen molar-refractivity contribution in [1.82, 2.24) is 0 Å². The van der Waals surface area contributed by atoms with Crippen LogP contribution in [0.1, 0.15) is 30.5 Å². The first kappa shape index (κ1) is 15.8. The lowest BCUT2D eigenvalue weighted by molar-refractivity contribution is 1.05. The van der Waals surface area contributed by atoms with Gasteiger partial charge in [0.1, 0.15) is 8.80 Å². The van der Waals surface area contributed by atoms with Gasteiger partial charge in [0.15, 0.2) is 0 Å². The Morgan fingerprint density at radius 3 is 1.61 bits per heavy atom. The minimum Gasteiger partial charge on any atom is -0.0629 e. The molecule has 116 valence electrons. The molecule has 1 heteroatoms. The second-order valence-electron chi connectivity index (χ2n) is 6.18. The second-order valence-corrected chi connectivity index (χ2v) is 9.47. The highest BCUT2D eigenvalue weighted by Gasteiger charge is 2.24. The van der Waals surface area contributed by atoms with Crippen molar-refractivity contribution in [3.8, 4) is 0 Å². The first-order valence-corrected chi connectivity index (χ1v) is 10.3. The molecule has 0 N–H and O–H groups in total. The van der Waals surface area contributed by atoms with Crippen LogP contribution in [0.4, 0.5) is 0 Å². The van der Waals surface area contributed by atoms with Gasteiger partial charge in [-0.1, -0.05) is 109 Å². The van der Waals surface area contributed by atoms with Crippen molar-refractivity contribution in [3.63, 3.8) is 0 Å². The highest BCUT2D eigenvalue weighted by molar-refractivity contribution is 6.86. The van der Waals surface area contributed by atoms with Crippen LogP contribution in [0.3, 0.4) is 0 Å². The van der Waals surface area contributed by atoms with E-state index in [1.54, 1.807) is 0 Å². The summed E-state index contributed by atoms with van der Waals surface area (Å²) in [6.07, 6.45) is 1.10. The van der Waals surface area contributed by atoms with E-state index in [9.17, 15) is 0 Å². The molecule has 0 aliphatic carbocycles. The highest BCUT2D eigenvalue weighted by Crippen LogP contribution is 2.19. The Morgan fingerprint density at radius 2 is 1.17 bits per heavy atom. The van der Waals surface area contributed by atoms with Gasteiger partial charge in [0.05, 0.1) is 0 Å². The zero-order chi connectivity index (χ0) is 16.1. The first-order valence-electron chi connectivity index (χ1n) is 8.48. The molecule has 1 atom stereocenters. The van der Waals surface area contributed by atoms with Crippen molar-refractivity contribution >= 4 is 19.2 Å². The molecule has 3 aromatic carbocycles. The molecular formula is C22H24Si. The Bertz CT molecular complexity index is 677. The average Bonchev–Trinajstić information content (AvgIpc) is 2.64. The van der Waals surface area contributed by atoms with Gasteiger partial charge in [-0.05, 0) is 23.1 Å². The standard InChI is InChI=1S/C22H24Si/c1-3-19-14-16-20(17-15-19)18(2)23(21-10-6-4-7-11-21)22-12-8-5-9-13-22/h4-18,23H,3H2,1-2H3/t18-/m1/s1. The Hall–Kier alpha value is -2.12. The summed E-state index contributed by atoms with van der Waals surface area (Å²) in [4.78, 5) is 0. The zero-order valence-corrected chi connectivity index (χ0v) is 15.1. The van der Waals surface area contributed by atoms with Gasteiger partial charge in [-0.15, -0.1) is 0 Å². The van der Waals surface area contributed by atoms with Crippen molar-refractivity contribution in [2.24, 2.45) is 0 Å². The minimum absolute atomic E-state index is 0.575. The maximum atomic E-state index is 2.40. The Morgan fingerprint density at radius 1 is 0.696 bits per heavy atom. The van der Waals surface area contributed by atoms with Gasteiger partial charge < -0.3 is 0 Å². The van der Waals surface area contributed by atoms with Crippen molar-refractivity contribution in [2.45, 2.75) is 25.8 Å². The fraction of sp³-hybridized carbons (Fsp3) is 0.182. The Kier molecular flexibility index (Phi) is 5.09. The Labute approximate surface area is 141 Å². The molecule has 0 fully saturated rings. The van der Waals surface area contributed by atoms with Gasteiger partial charge in [0.25, 0.3) is 0 Å². The SMILES string of the molecule is CCc1ccc([C@@H](C)[SiH](c2ccccc2)c2ccccc2)cc1. The zero-order valence-electron chi connectivity index (χ0n) is 13.9. The molecule has 0 aromatic heterocycles. The summed E-state index contributed by atoms with van der Waals surface area (Å²) in [5, 5.41) is 3.04. The molecule has 0 heterocycles. The molecule has 0 aliphatic rings. The lowest BCUT2D eigenvalue weighted by atomic mass is 10.1. The predicted molar refractivity (Wildman–Crippen MR) is 104 cm³/mol. The van der Waals surface area contributed by atoms with Crippen LogP contribution in [0, 0.1) is 0 Å². The van der Waals surface area contributed by atoms with E-state index in [1.165, 1.54) is 21.5 Å². The highest BCUT2D eigenvalue weighted by atomic mass is 28.3. The maximum Gasteiger partial charge on any atom is 0.110 e. The summed E-state index contributed by atoms with van der Waals surface area (Å²) >= 11 is 0. The van der Waals surface area contributed by atoms with Crippen LogP contribution in [-0.4, -0.2) is 8.80 Å². The number of benzene rings is 3. The number of aryl methyl sites for hydroxylation is 1. The summed E-state index contributed by atoms with van der Waals surface area (Å²) in [6.45, 7) is 4.61. The molecule has 0 aliphatic heterocycles. The van der Waals surface area contributed by atoms with Crippen LogP contribution in [-0.2, 0) is 6.42 Å². The molecule has 3 aromatic rings. The third-order valence-electron chi connectivity index (χ3n) is 4.73. The maximum absolute atomic E-state index is 2.40. The summed E-state index contributed by atoms with van der Waals surface area (Å²) < 4.78 is 0. The van der Waals surface area contributed by atoms with Gasteiger partial charge in [0.2, 0.25) is 0 Å². The number of hydrogen-bond donors (Lipinski definition) is 0. The van der Waals surface area contributed by atoms with Crippen molar-refractivity contribution in [3.05, 3.63) is 96.1 Å². The molecule has 0 unspecified atom stereocenters. The average molecular weight is 317 g/mol. The topological polar surface area (TPSA) is 0 Å². The first-order chi connectivity index (χ1) is 11.3. The van der Waals surface area contributed by atoms with E-state index in [4.69, 9.17) is 0 Å². The van der Waals surface area contributed by atoms with Gasteiger partial charge in [-0.25, -0.2) is 0 Å². The van der Waals surface area contributed by atoms with Crippen LogP contribution >= 0.6 is 0 Å². The summed E-state index contributed by atoms with van der Waals surface area (Å²) in [5.41, 5.74) is 3.45. The lowest BCUT2D eigenvalue weighted by Gasteiger charge is -2.24. The van der Waals surface area contributed by atoms with E-state index in [-0.39, 0.29) is 0 Å². The minimum atomic E-state index is -1.30. The second kappa shape index (κ2) is 7.43. The largest absolute Gasteiger partial charge is 0.110 e. The van der Waals surface area contributed by atoms with E-state index >= 15 is 0 Å². The number of hydrogen-bond acceptors (Lipinski definition) is 0. The normalized spacial score (nSPS) is 12.3. The molecule has 0 spiro atoms. The van der Waals surface area contributed by atoms with Crippen LogP contribution < -0.4 is 10.4 Å². The number of rotatable bonds is 5. The summed E-state index contributed by atoms with van der Waals surface area (Å²) in [7, 11) is -1.30. The van der Waals surface area contributed by atoms with Gasteiger partial charge in [-0.2, -0.15) is 0 Å². The van der Waals surface area contributed by atoms with Crippen LogP contribution in [0.5, 0.6) is 0 Å². The third kappa shape index (κ3) is 3.62. The van der Waals surface area contributed by atoms with Gasteiger partial charge >= 0.3 is 0 Å². The van der Waals surface area contributed by atoms with Gasteiger partial charge in [0, 0.05) is 0 Å². The fourth-order valence-electron chi connectivity index (χ4n) is 3.34. The molecular weight excluding hydrogens is 292 g/mol. The molecule has 0 radical (unpaired) electrons. The molecule has 0 bridgehead atoms. The van der Waals surface area contributed by atoms with E-state index < -0.39 is 8.80 Å². The fourth-order valence-corrected chi connectivity index (χ4v) is 6.76. The molecule has 0 saturated heterocycles. The molecule has 3 rings (SSSR count). The predicted octanol–water partition coefficient (Wildman–Crippen LogP) is 3.93. The summed E-state index contributed by atoms with van der Waals surface area (Å²) in [6, 6.07) is 31.4.